The van der Waals surface area contributed by atoms with Gasteiger partial charge in [0.1, 0.15) is 5.75 Å². The third kappa shape index (κ3) is 3.49. The first kappa shape index (κ1) is 14.6. The maximum Gasteiger partial charge on any atom is 0.257 e. The van der Waals surface area contributed by atoms with Gasteiger partial charge in [0.05, 0.1) is 5.56 Å². The van der Waals surface area contributed by atoms with Crippen molar-refractivity contribution in [3.05, 3.63) is 29.3 Å². The average Bonchev–Trinajstić information content (AvgIpc) is 2.26. The summed E-state index contributed by atoms with van der Waals surface area (Å²) in [7, 11) is 1.76. The highest BCUT2D eigenvalue weighted by Crippen LogP contribution is 2.24. The van der Waals surface area contributed by atoms with Crippen LogP contribution in [0, 0.1) is 5.92 Å². The number of hydrogen-bond donors (Lipinski definition) is 1. The van der Waals surface area contributed by atoms with E-state index < -0.39 is 0 Å². The first-order chi connectivity index (χ1) is 8.32. The van der Waals surface area contributed by atoms with Gasteiger partial charge in [0.15, 0.2) is 0 Å². The SMILES string of the molecule is CC(C)CN(C)C(=O)c1ccc(C(C)C)cc1O. The Morgan fingerprint density at radius 1 is 1.28 bits per heavy atom. The maximum absolute atomic E-state index is 12.1. The molecule has 1 N–H and O–H groups in total. The van der Waals surface area contributed by atoms with Gasteiger partial charge >= 0.3 is 0 Å². The Kier molecular flexibility index (Phi) is 4.76. The van der Waals surface area contributed by atoms with Crippen molar-refractivity contribution in [2.24, 2.45) is 5.92 Å². The quantitative estimate of drug-likeness (QED) is 0.890. The fourth-order valence-corrected chi connectivity index (χ4v) is 1.92. The summed E-state index contributed by atoms with van der Waals surface area (Å²) in [4.78, 5) is 13.8. The minimum Gasteiger partial charge on any atom is -0.507 e. The van der Waals surface area contributed by atoms with Crippen LogP contribution >= 0.6 is 0 Å². The number of carbonyl (C=O) groups excluding carboxylic acids is 1. The molecule has 0 bridgehead atoms. The van der Waals surface area contributed by atoms with Crippen LogP contribution < -0.4 is 0 Å². The van der Waals surface area contributed by atoms with Gasteiger partial charge in [-0.3, -0.25) is 4.79 Å². The van der Waals surface area contributed by atoms with Crippen LogP contribution in [0.3, 0.4) is 0 Å². The number of amides is 1. The molecule has 0 atom stereocenters. The van der Waals surface area contributed by atoms with Gasteiger partial charge in [-0.25, -0.2) is 0 Å². The monoisotopic (exact) mass is 249 g/mol. The largest absolute Gasteiger partial charge is 0.507 e. The third-order valence-electron chi connectivity index (χ3n) is 2.90. The molecule has 3 nitrogen and oxygen atoms in total. The molecule has 0 aliphatic rings. The van der Waals surface area contributed by atoms with E-state index in [1.807, 2.05) is 6.07 Å². The molecule has 0 aliphatic heterocycles. The molecule has 0 radical (unpaired) electrons. The lowest BCUT2D eigenvalue weighted by molar-refractivity contribution is 0.0776. The molecule has 3 heteroatoms. The van der Waals surface area contributed by atoms with Crippen LogP contribution in [-0.2, 0) is 0 Å². The Morgan fingerprint density at radius 2 is 1.89 bits per heavy atom. The van der Waals surface area contributed by atoms with E-state index in [0.717, 1.165) is 5.56 Å². The van der Waals surface area contributed by atoms with Crippen LogP contribution in [0.2, 0.25) is 0 Å². The first-order valence-electron chi connectivity index (χ1n) is 6.41. The number of phenolic OH excluding ortho intramolecular Hbond substituents is 1. The number of aromatic hydroxyl groups is 1. The molecule has 18 heavy (non-hydrogen) atoms. The van der Waals surface area contributed by atoms with E-state index in [-0.39, 0.29) is 11.7 Å². The van der Waals surface area contributed by atoms with Crippen molar-refractivity contribution in [2.45, 2.75) is 33.6 Å². The summed E-state index contributed by atoms with van der Waals surface area (Å²) in [5, 5.41) is 9.95. The second-order valence-corrected chi connectivity index (χ2v) is 5.51. The van der Waals surface area contributed by atoms with E-state index in [0.29, 0.717) is 23.9 Å². The van der Waals surface area contributed by atoms with E-state index >= 15 is 0 Å². The van der Waals surface area contributed by atoms with Crippen molar-refractivity contribution in [3.8, 4) is 5.75 Å². The van der Waals surface area contributed by atoms with E-state index in [2.05, 4.69) is 27.7 Å². The predicted molar refractivity (Wildman–Crippen MR) is 74.0 cm³/mol. The molecule has 0 heterocycles. The topological polar surface area (TPSA) is 40.5 Å². The zero-order chi connectivity index (χ0) is 13.9. The lowest BCUT2D eigenvalue weighted by Gasteiger charge is -2.20. The summed E-state index contributed by atoms with van der Waals surface area (Å²) >= 11 is 0. The normalized spacial score (nSPS) is 11.1. The number of carbonyl (C=O) groups is 1. The molecule has 1 rings (SSSR count). The van der Waals surface area contributed by atoms with Gasteiger partial charge < -0.3 is 10.0 Å². The average molecular weight is 249 g/mol. The molecule has 0 fully saturated rings. The van der Waals surface area contributed by atoms with Crippen LogP contribution in [0.4, 0.5) is 0 Å². The summed E-state index contributed by atoms with van der Waals surface area (Å²) in [6, 6.07) is 5.30. The lowest BCUT2D eigenvalue weighted by atomic mass is 10.0. The van der Waals surface area contributed by atoms with Gasteiger partial charge in [-0.15, -0.1) is 0 Å². The smallest absolute Gasteiger partial charge is 0.257 e. The fourth-order valence-electron chi connectivity index (χ4n) is 1.92. The Hall–Kier alpha value is -1.51. The molecule has 100 valence electrons. The van der Waals surface area contributed by atoms with Crippen molar-refractivity contribution >= 4 is 5.91 Å². The number of benzene rings is 1. The molecule has 0 spiro atoms. The zero-order valence-corrected chi connectivity index (χ0v) is 11.9. The second-order valence-electron chi connectivity index (χ2n) is 5.51. The van der Waals surface area contributed by atoms with Crippen molar-refractivity contribution in [1.82, 2.24) is 4.90 Å². The predicted octanol–water partition coefficient (Wildman–Crippen LogP) is 3.24. The van der Waals surface area contributed by atoms with Gasteiger partial charge in [-0.2, -0.15) is 0 Å². The Morgan fingerprint density at radius 3 is 2.33 bits per heavy atom. The van der Waals surface area contributed by atoms with Gasteiger partial charge in [0, 0.05) is 13.6 Å². The van der Waals surface area contributed by atoms with Crippen molar-refractivity contribution < 1.29 is 9.90 Å². The van der Waals surface area contributed by atoms with Crippen molar-refractivity contribution in [3.63, 3.8) is 0 Å². The lowest BCUT2D eigenvalue weighted by Crippen LogP contribution is -2.30. The minimum atomic E-state index is -0.128. The molecular weight excluding hydrogens is 226 g/mol. The molecular formula is C15H23NO2. The van der Waals surface area contributed by atoms with E-state index in [1.54, 1.807) is 24.1 Å². The Bertz CT molecular complexity index is 425. The van der Waals surface area contributed by atoms with E-state index in [9.17, 15) is 9.90 Å². The maximum atomic E-state index is 12.1. The molecule has 1 amide bonds. The molecule has 0 saturated carbocycles. The highest BCUT2D eigenvalue weighted by molar-refractivity contribution is 5.96. The van der Waals surface area contributed by atoms with Crippen LogP contribution in [0.25, 0.3) is 0 Å². The third-order valence-corrected chi connectivity index (χ3v) is 2.90. The summed E-state index contributed by atoms with van der Waals surface area (Å²) in [5.41, 5.74) is 1.41. The van der Waals surface area contributed by atoms with Crippen molar-refractivity contribution in [1.29, 1.82) is 0 Å². The fraction of sp³-hybridized carbons (Fsp3) is 0.533. The van der Waals surface area contributed by atoms with Gasteiger partial charge in [-0.1, -0.05) is 33.8 Å². The number of nitrogens with zero attached hydrogens (tertiary/aromatic N) is 1. The van der Waals surface area contributed by atoms with E-state index in [1.165, 1.54) is 0 Å². The molecule has 0 aromatic heterocycles. The van der Waals surface area contributed by atoms with Gasteiger partial charge in [0.25, 0.3) is 5.91 Å². The van der Waals surface area contributed by atoms with Crippen LogP contribution in [0.5, 0.6) is 5.75 Å². The Labute approximate surface area is 109 Å². The number of hydrogen-bond acceptors (Lipinski definition) is 2. The molecule has 1 aromatic rings. The number of phenols is 1. The summed E-state index contributed by atoms with van der Waals surface area (Å²) in [6.07, 6.45) is 0. The zero-order valence-electron chi connectivity index (χ0n) is 11.9. The summed E-state index contributed by atoms with van der Waals surface area (Å²) in [6.45, 7) is 8.92. The highest BCUT2D eigenvalue weighted by Gasteiger charge is 2.17. The van der Waals surface area contributed by atoms with Crippen LogP contribution in [0.1, 0.15) is 49.5 Å². The minimum absolute atomic E-state index is 0.0711. The molecule has 0 unspecified atom stereocenters. The standard InChI is InChI=1S/C15H23NO2/c1-10(2)9-16(5)15(18)13-7-6-12(11(3)4)8-14(13)17/h6-8,10-11,17H,9H2,1-5H3. The van der Waals surface area contributed by atoms with Gasteiger partial charge in [-0.05, 0) is 29.5 Å². The van der Waals surface area contributed by atoms with Crippen LogP contribution in [-0.4, -0.2) is 29.5 Å². The molecule has 0 aliphatic carbocycles. The summed E-state index contributed by atoms with van der Waals surface area (Å²) in [5.74, 6) is 0.697. The van der Waals surface area contributed by atoms with Crippen molar-refractivity contribution in [2.75, 3.05) is 13.6 Å². The summed E-state index contributed by atoms with van der Waals surface area (Å²) < 4.78 is 0. The van der Waals surface area contributed by atoms with Crippen LogP contribution in [0.15, 0.2) is 18.2 Å². The van der Waals surface area contributed by atoms with E-state index in [4.69, 9.17) is 0 Å². The first-order valence-corrected chi connectivity index (χ1v) is 6.41. The Balaban J connectivity index is 2.93. The van der Waals surface area contributed by atoms with Gasteiger partial charge in [0.2, 0.25) is 0 Å². The molecule has 1 aromatic carbocycles. The number of rotatable bonds is 4. The second kappa shape index (κ2) is 5.89. The highest BCUT2D eigenvalue weighted by atomic mass is 16.3. The molecule has 0 saturated heterocycles.